The van der Waals surface area contributed by atoms with E-state index in [1.54, 1.807) is 31.4 Å². The molecule has 7 heteroatoms. The summed E-state index contributed by atoms with van der Waals surface area (Å²) in [5.74, 6) is 0.205. The Hall–Kier alpha value is -2.57. The predicted molar refractivity (Wildman–Crippen MR) is 92.3 cm³/mol. The van der Waals surface area contributed by atoms with E-state index < -0.39 is 5.54 Å². The Balaban J connectivity index is 1.56. The Bertz CT molecular complexity index is 683. The van der Waals surface area contributed by atoms with Crippen LogP contribution in [0.5, 0.6) is 5.75 Å². The van der Waals surface area contributed by atoms with E-state index in [4.69, 9.17) is 4.74 Å². The van der Waals surface area contributed by atoms with Gasteiger partial charge < -0.3 is 15.4 Å². The summed E-state index contributed by atoms with van der Waals surface area (Å²) in [6.45, 7) is 0.0855. The van der Waals surface area contributed by atoms with Crippen LogP contribution in [-0.2, 0) is 9.59 Å². The predicted octanol–water partition coefficient (Wildman–Crippen LogP) is 2.28. The maximum absolute atomic E-state index is 12.6. The number of ether oxygens (including phenoxy) is 1. The number of rotatable bonds is 5. The van der Waals surface area contributed by atoms with Crippen LogP contribution in [0.4, 0.5) is 10.5 Å². The van der Waals surface area contributed by atoms with E-state index in [2.05, 4.69) is 10.6 Å². The lowest BCUT2D eigenvalue weighted by Gasteiger charge is -2.30. The van der Waals surface area contributed by atoms with Gasteiger partial charge in [0.05, 0.1) is 7.11 Å². The van der Waals surface area contributed by atoms with Crippen LogP contribution < -0.4 is 15.4 Å². The molecule has 1 aliphatic heterocycles. The van der Waals surface area contributed by atoms with Gasteiger partial charge in [-0.05, 0) is 25.0 Å². The molecule has 0 bridgehead atoms. The summed E-state index contributed by atoms with van der Waals surface area (Å²) < 4.78 is 5.11. The second-order valence-corrected chi connectivity index (χ2v) is 6.56. The average Bonchev–Trinajstić information content (AvgIpc) is 2.84. The summed E-state index contributed by atoms with van der Waals surface area (Å²) in [6, 6.07) is 6.64. The molecule has 0 atom stereocenters. The highest BCUT2D eigenvalue weighted by molar-refractivity contribution is 6.07. The molecular weight excluding hydrogens is 322 g/mol. The molecule has 1 saturated carbocycles. The number of anilines is 1. The van der Waals surface area contributed by atoms with Crippen molar-refractivity contribution in [2.24, 2.45) is 0 Å². The van der Waals surface area contributed by atoms with Gasteiger partial charge in [0, 0.05) is 24.7 Å². The fraction of sp³-hybridized carbons (Fsp3) is 0.500. The molecule has 7 nitrogen and oxygen atoms in total. The number of nitrogens with one attached hydrogen (secondary N) is 2. The standard InChI is InChI=1S/C18H23N3O4/c1-25-14-7-5-6-13(12-14)19-15(22)8-11-21-16(23)18(20-17(21)24)9-3-2-4-10-18/h5-7,12H,2-4,8-11H2,1H3,(H,19,22)(H,20,24). The minimum absolute atomic E-state index is 0.0620. The third-order valence-corrected chi connectivity index (χ3v) is 4.87. The van der Waals surface area contributed by atoms with E-state index in [1.807, 2.05) is 0 Å². The number of amides is 4. The minimum atomic E-state index is -0.737. The fourth-order valence-corrected chi connectivity index (χ4v) is 3.51. The van der Waals surface area contributed by atoms with Crippen molar-refractivity contribution in [3.63, 3.8) is 0 Å². The third kappa shape index (κ3) is 3.60. The number of carbonyl (C=O) groups excluding carboxylic acids is 3. The van der Waals surface area contributed by atoms with Crippen molar-refractivity contribution in [1.29, 1.82) is 0 Å². The molecule has 25 heavy (non-hydrogen) atoms. The number of hydrogen-bond acceptors (Lipinski definition) is 4. The van der Waals surface area contributed by atoms with Crippen LogP contribution in [0.15, 0.2) is 24.3 Å². The van der Waals surface area contributed by atoms with Crippen LogP contribution in [-0.4, -0.2) is 41.9 Å². The molecule has 134 valence electrons. The monoisotopic (exact) mass is 345 g/mol. The van der Waals surface area contributed by atoms with Crippen LogP contribution in [0, 0.1) is 0 Å². The Morgan fingerprint density at radius 2 is 2.04 bits per heavy atom. The number of carbonyl (C=O) groups is 3. The zero-order valence-electron chi connectivity index (χ0n) is 14.3. The van der Waals surface area contributed by atoms with Crippen LogP contribution in [0.3, 0.4) is 0 Å². The Labute approximate surface area is 146 Å². The van der Waals surface area contributed by atoms with Gasteiger partial charge in [0.2, 0.25) is 5.91 Å². The molecule has 1 aliphatic carbocycles. The number of methoxy groups -OCH3 is 1. The summed E-state index contributed by atoms with van der Waals surface area (Å²) in [7, 11) is 1.56. The molecule has 1 aromatic rings. The normalized spacial score (nSPS) is 19.0. The molecule has 0 aromatic heterocycles. The Morgan fingerprint density at radius 3 is 2.76 bits per heavy atom. The van der Waals surface area contributed by atoms with Crippen LogP contribution in [0.1, 0.15) is 38.5 Å². The van der Waals surface area contributed by atoms with E-state index in [1.165, 1.54) is 4.90 Å². The molecule has 0 radical (unpaired) electrons. The maximum atomic E-state index is 12.6. The number of benzene rings is 1. The van der Waals surface area contributed by atoms with Crippen LogP contribution >= 0.6 is 0 Å². The van der Waals surface area contributed by atoms with E-state index in [-0.39, 0.29) is 30.8 Å². The maximum Gasteiger partial charge on any atom is 0.325 e. The van der Waals surface area contributed by atoms with Crippen molar-refractivity contribution in [2.45, 2.75) is 44.1 Å². The lowest BCUT2D eigenvalue weighted by molar-refractivity contribution is -0.132. The van der Waals surface area contributed by atoms with Crippen molar-refractivity contribution >= 4 is 23.5 Å². The van der Waals surface area contributed by atoms with Gasteiger partial charge in [0.1, 0.15) is 11.3 Å². The van der Waals surface area contributed by atoms with Gasteiger partial charge in [0.25, 0.3) is 5.91 Å². The lowest BCUT2D eigenvalue weighted by atomic mass is 9.82. The van der Waals surface area contributed by atoms with Crippen molar-refractivity contribution in [1.82, 2.24) is 10.2 Å². The molecule has 1 heterocycles. The first-order valence-electron chi connectivity index (χ1n) is 8.62. The topological polar surface area (TPSA) is 87.7 Å². The molecule has 1 spiro atoms. The summed E-state index contributed by atoms with van der Waals surface area (Å²) >= 11 is 0. The highest BCUT2D eigenvalue weighted by atomic mass is 16.5. The highest BCUT2D eigenvalue weighted by Gasteiger charge is 2.50. The van der Waals surface area contributed by atoms with Gasteiger partial charge in [-0.15, -0.1) is 0 Å². The summed E-state index contributed by atoms with van der Waals surface area (Å²) in [6.07, 6.45) is 4.40. The van der Waals surface area contributed by atoms with Gasteiger partial charge in [-0.2, -0.15) is 0 Å². The number of imide groups is 1. The molecule has 1 aromatic carbocycles. The Kier molecular flexibility index (Phi) is 4.92. The van der Waals surface area contributed by atoms with E-state index >= 15 is 0 Å². The number of hydrogen-bond donors (Lipinski definition) is 2. The van der Waals surface area contributed by atoms with Crippen molar-refractivity contribution in [3.05, 3.63) is 24.3 Å². The molecule has 4 amide bonds. The lowest BCUT2D eigenvalue weighted by Crippen LogP contribution is -2.48. The van der Waals surface area contributed by atoms with Gasteiger partial charge in [0.15, 0.2) is 0 Å². The molecule has 2 N–H and O–H groups in total. The van der Waals surface area contributed by atoms with E-state index in [0.717, 1.165) is 19.3 Å². The second-order valence-electron chi connectivity index (χ2n) is 6.56. The largest absolute Gasteiger partial charge is 0.497 e. The summed E-state index contributed by atoms with van der Waals surface area (Å²) in [4.78, 5) is 38.1. The zero-order chi connectivity index (χ0) is 17.9. The van der Waals surface area contributed by atoms with Crippen molar-refractivity contribution < 1.29 is 19.1 Å². The quantitative estimate of drug-likeness (QED) is 0.802. The molecule has 2 aliphatic rings. The van der Waals surface area contributed by atoms with E-state index in [9.17, 15) is 14.4 Å². The molecule has 3 rings (SSSR count). The summed E-state index contributed by atoms with van der Waals surface area (Å²) in [5.41, 5.74) is -0.121. The first kappa shape index (κ1) is 17.3. The van der Waals surface area contributed by atoms with Gasteiger partial charge in [-0.1, -0.05) is 25.3 Å². The zero-order valence-corrected chi connectivity index (χ0v) is 14.3. The highest BCUT2D eigenvalue weighted by Crippen LogP contribution is 2.33. The molecule has 1 saturated heterocycles. The average molecular weight is 345 g/mol. The molecular formula is C18H23N3O4. The van der Waals surface area contributed by atoms with Gasteiger partial charge in [-0.3, -0.25) is 14.5 Å². The van der Waals surface area contributed by atoms with E-state index in [0.29, 0.717) is 24.3 Å². The Morgan fingerprint density at radius 1 is 1.28 bits per heavy atom. The van der Waals surface area contributed by atoms with Crippen LogP contribution in [0.2, 0.25) is 0 Å². The molecule has 2 fully saturated rings. The molecule has 0 unspecified atom stereocenters. The minimum Gasteiger partial charge on any atom is -0.497 e. The first-order chi connectivity index (χ1) is 12.0. The number of urea groups is 1. The second kappa shape index (κ2) is 7.13. The number of nitrogens with zero attached hydrogens (tertiary/aromatic N) is 1. The van der Waals surface area contributed by atoms with Crippen molar-refractivity contribution in [3.8, 4) is 5.75 Å². The fourth-order valence-electron chi connectivity index (χ4n) is 3.51. The SMILES string of the molecule is COc1cccc(NC(=O)CCN2C(=O)NC3(CCCCC3)C2=O)c1. The van der Waals surface area contributed by atoms with Crippen molar-refractivity contribution in [2.75, 3.05) is 19.0 Å². The first-order valence-corrected chi connectivity index (χ1v) is 8.62. The summed E-state index contributed by atoms with van der Waals surface area (Å²) in [5, 5.41) is 5.60. The van der Waals surface area contributed by atoms with Crippen LogP contribution in [0.25, 0.3) is 0 Å². The van der Waals surface area contributed by atoms with Gasteiger partial charge in [-0.25, -0.2) is 4.79 Å². The smallest absolute Gasteiger partial charge is 0.325 e. The third-order valence-electron chi connectivity index (χ3n) is 4.87. The van der Waals surface area contributed by atoms with Gasteiger partial charge >= 0.3 is 6.03 Å².